The van der Waals surface area contributed by atoms with Crippen LogP contribution in [-0.4, -0.2) is 34.6 Å². The van der Waals surface area contributed by atoms with Gasteiger partial charge >= 0.3 is 0 Å². The molecule has 0 saturated carbocycles. The molecular weight excluding hydrogens is 120 g/mol. The van der Waals surface area contributed by atoms with Gasteiger partial charge in [-0.25, -0.2) is 0 Å². The van der Waals surface area contributed by atoms with Gasteiger partial charge in [0.2, 0.25) is 0 Å². The lowest BCUT2D eigenvalue weighted by Crippen LogP contribution is -2.09. The third-order valence-corrected chi connectivity index (χ3v) is 0.752. The van der Waals surface area contributed by atoms with E-state index in [0.29, 0.717) is 0 Å². The molecule has 0 aromatic carbocycles. The second-order valence-corrected chi connectivity index (χ2v) is 1.55. The van der Waals surface area contributed by atoms with Crippen LogP contribution >= 0.6 is 0 Å². The van der Waals surface area contributed by atoms with E-state index in [1.165, 1.54) is 0 Å². The molecule has 0 rings (SSSR count). The molecule has 1 unspecified atom stereocenters. The summed E-state index contributed by atoms with van der Waals surface area (Å²) < 4.78 is 0. The molecule has 0 aromatic rings. The minimum atomic E-state index is -0.774. The van der Waals surface area contributed by atoms with Crippen LogP contribution in [0.15, 0.2) is 0 Å². The van der Waals surface area contributed by atoms with Crippen molar-refractivity contribution >= 4 is 0 Å². The van der Waals surface area contributed by atoms with Crippen LogP contribution in [0, 0.1) is 11.8 Å². The van der Waals surface area contributed by atoms with Gasteiger partial charge in [0.1, 0.15) is 6.61 Å². The Morgan fingerprint density at radius 3 is 2.33 bits per heavy atom. The SMILES string of the molecule is OCC#CCC(O)CO. The zero-order chi connectivity index (χ0) is 7.11. The fourth-order valence-corrected chi connectivity index (χ4v) is 0.310. The van der Waals surface area contributed by atoms with Gasteiger partial charge in [0.25, 0.3) is 0 Å². The third kappa shape index (κ3) is 5.31. The summed E-state index contributed by atoms with van der Waals surface area (Å²) >= 11 is 0. The van der Waals surface area contributed by atoms with Crippen LogP contribution in [-0.2, 0) is 0 Å². The first-order valence-corrected chi connectivity index (χ1v) is 2.66. The Labute approximate surface area is 53.9 Å². The molecule has 3 nitrogen and oxygen atoms in total. The maximum Gasteiger partial charge on any atom is 0.104 e. The van der Waals surface area contributed by atoms with Gasteiger partial charge in [0, 0.05) is 6.42 Å². The molecule has 0 amide bonds. The molecule has 0 radical (unpaired) electrons. The first-order valence-electron chi connectivity index (χ1n) is 2.66. The summed E-state index contributed by atoms with van der Waals surface area (Å²) in [7, 11) is 0. The molecule has 3 N–H and O–H groups in total. The predicted molar refractivity (Wildman–Crippen MR) is 32.6 cm³/mol. The second-order valence-electron chi connectivity index (χ2n) is 1.55. The van der Waals surface area contributed by atoms with Crippen molar-refractivity contribution in [2.24, 2.45) is 0 Å². The molecule has 52 valence electrons. The van der Waals surface area contributed by atoms with Crippen molar-refractivity contribution in [3.05, 3.63) is 0 Å². The highest BCUT2D eigenvalue weighted by molar-refractivity contribution is 4.99. The summed E-state index contributed by atoms with van der Waals surface area (Å²) in [5, 5.41) is 25.0. The van der Waals surface area contributed by atoms with E-state index >= 15 is 0 Å². The lowest BCUT2D eigenvalue weighted by molar-refractivity contribution is 0.0992. The van der Waals surface area contributed by atoms with E-state index in [1.807, 2.05) is 0 Å². The van der Waals surface area contributed by atoms with E-state index in [0.717, 1.165) is 0 Å². The van der Waals surface area contributed by atoms with E-state index in [1.54, 1.807) is 0 Å². The average molecular weight is 130 g/mol. The maximum absolute atomic E-state index is 8.65. The van der Waals surface area contributed by atoms with Crippen molar-refractivity contribution in [2.45, 2.75) is 12.5 Å². The Morgan fingerprint density at radius 2 is 1.89 bits per heavy atom. The Kier molecular flexibility index (Phi) is 5.23. The topological polar surface area (TPSA) is 60.7 Å². The van der Waals surface area contributed by atoms with Crippen molar-refractivity contribution in [1.29, 1.82) is 0 Å². The molecule has 1 atom stereocenters. The molecule has 9 heavy (non-hydrogen) atoms. The quantitative estimate of drug-likeness (QED) is 0.408. The third-order valence-electron chi connectivity index (χ3n) is 0.752. The van der Waals surface area contributed by atoms with Crippen molar-refractivity contribution in [3.8, 4) is 11.8 Å². The lowest BCUT2D eigenvalue weighted by Gasteiger charge is -1.97. The van der Waals surface area contributed by atoms with Gasteiger partial charge in [0.15, 0.2) is 0 Å². The minimum absolute atomic E-state index is 0.196. The standard InChI is InChI=1S/C6H10O3/c7-4-2-1-3-6(9)5-8/h6-9H,3-5H2. The van der Waals surface area contributed by atoms with Gasteiger partial charge in [-0.3, -0.25) is 0 Å². The highest BCUT2D eigenvalue weighted by atomic mass is 16.3. The molecule has 0 saturated heterocycles. The second kappa shape index (κ2) is 5.57. The van der Waals surface area contributed by atoms with Crippen LogP contribution in [0.5, 0.6) is 0 Å². The zero-order valence-corrected chi connectivity index (χ0v) is 5.04. The average Bonchev–Trinajstić information content (AvgIpc) is 1.89. The molecule has 0 aliphatic rings. The van der Waals surface area contributed by atoms with Crippen molar-refractivity contribution in [2.75, 3.05) is 13.2 Å². The van der Waals surface area contributed by atoms with E-state index in [9.17, 15) is 0 Å². The van der Waals surface area contributed by atoms with Gasteiger partial charge in [-0.2, -0.15) is 0 Å². The Morgan fingerprint density at radius 1 is 1.22 bits per heavy atom. The largest absolute Gasteiger partial charge is 0.394 e. The first-order chi connectivity index (χ1) is 4.31. The summed E-state index contributed by atoms with van der Waals surface area (Å²) in [6.07, 6.45) is -0.555. The molecule has 0 spiro atoms. The van der Waals surface area contributed by atoms with E-state index in [4.69, 9.17) is 15.3 Å². The molecule has 0 heterocycles. The lowest BCUT2D eigenvalue weighted by atomic mass is 10.3. The molecule has 0 bridgehead atoms. The normalized spacial score (nSPS) is 11.9. The summed E-state index contributed by atoms with van der Waals surface area (Å²) in [6, 6.07) is 0. The summed E-state index contributed by atoms with van der Waals surface area (Å²) in [6.45, 7) is -0.474. The number of aliphatic hydroxyl groups excluding tert-OH is 3. The predicted octanol–water partition coefficient (Wildman–Crippen LogP) is -1.27. The molecular formula is C6H10O3. The summed E-state index contributed by atoms with van der Waals surface area (Å²) in [5.74, 6) is 4.82. The van der Waals surface area contributed by atoms with Crippen LogP contribution in [0.3, 0.4) is 0 Å². The molecule has 0 aliphatic carbocycles. The highest BCUT2D eigenvalue weighted by Crippen LogP contribution is 1.85. The van der Waals surface area contributed by atoms with Crippen molar-refractivity contribution < 1.29 is 15.3 Å². The van der Waals surface area contributed by atoms with E-state index in [-0.39, 0.29) is 19.6 Å². The van der Waals surface area contributed by atoms with Crippen LogP contribution in [0.25, 0.3) is 0 Å². The van der Waals surface area contributed by atoms with Crippen molar-refractivity contribution in [1.82, 2.24) is 0 Å². The van der Waals surface area contributed by atoms with Gasteiger partial charge in [-0.15, -0.1) is 0 Å². The number of hydrogen-bond acceptors (Lipinski definition) is 3. The van der Waals surface area contributed by atoms with E-state index in [2.05, 4.69) is 11.8 Å². The van der Waals surface area contributed by atoms with Gasteiger partial charge in [0.05, 0.1) is 12.7 Å². The Hall–Kier alpha value is -0.560. The Bertz CT molecular complexity index is 111. The fraction of sp³-hybridized carbons (Fsp3) is 0.667. The Balaban J connectivity index is 3.25. The maximum atomic E-state index is 8.65. The molecule has 0 fully saturated rings. The molecule has 0 aromatic heterocycles. The van der Waals surface area contributed by atoms with Gasteiger partial charge in [-0.05, 0) is 0 Å². The molecule has 0 aliphatic heterocycles. The highest BCUT2D eigenvalue weighted by Gasteiger charge is 1.95. The monoisotopic (exact) mass is 130 g/mol. The van der Waals surface area contributed by atoms with E-state index < -0.39 is 6.10 Å². The summed E-state index contributed by atoms with van der Waals surface area (Å²) in [5.41, 5.74) is 0. The number of rotatable bonds is 2. The molecule has 3 heteroatoms. The number of aliphatic hydroxyl groups is 3. The smallest absolute Gasteiger partial charge is 0.104 e. The zero-order valence-electron chi connectivity index (χ0n) is 5.04. The van der Waals surface area contributed by atoms with Crippen molar-refractivity contribution in [3.63, 3.8) is 0 Å². The first kappa shape index (κ1) is 8.44. The number of hydrogen-bond donors (Lipinski definition) is 3. The van der Waals surface area contributed by atoms with Crippen LogP contribution in [0.1, 0.15) is 6.42 Å². The van der Waals surface area contributed by atoms with Gasteiger partial charge in [-0.1, -0.05) is 11.8 Å². The van der Waals surface area contributed by atoms with Crippen LogP contribution < -0.4 is 0 Å². The van der Waals surface area contributed by atoms with Crippen LogP contribution in [0.4, 0.5) is 0 Å². The van der Waals surface area contributed by atoms with Crippen LogP contribution in [0.2, 0.25) is 0 Å². The fourth-order valence-electron chi connectivity index (χ4n) is 0.310. The van der Waals surface area contributed by atoms with Gasteiger partial charge < -0.3 is 15.3 Å². The minimum Gasteiger partial charge on any atom is -0.394 e. The summed E-state index contributed by atoms with van der Waals surface area (Å²) in [4.78, 5) is 0.